The molecule has 0 bridgehead atoms. The quantitative estimate of drug-likeness (QED) is 0.281. The number of para-hydroxylation sites is 1. The van der Waals surface area contributed by atoms with Crippen LogP contribution in [0.2, 0.25) is 0 Å². The summed E-state index contributed by atoms with van der Waals surface area (Å²) in [5, 5.41) is 15.4. The Bertz CT molecular complexity index is 1590. The second-order valence-electron chi connectivity index (χ2n) is 10.3. The predicted octanol–water partition coefficient (Wildman–Crippen LogP) is 5.77. The van der Waals surface area contributed by atoms with Gasteiger partial charge in [0, 0.05) is 47.5 Å². The first-order valence-corrected chi connectivity index (χ1v) is 15.1. The van der Waals surface area contributed by atoms with Crippen molar-refractivity contribution in [1.29, 1.82) is 0 Å². The Hall–Kier alpha value is -3.39. The van der Waals surface area contributed by atoms with E-state index >= 15 is 0 Å². The maximum atomic E-state index is 13.2. The molecule has 1 atom stereocenters. The molecule has 0 fully saturated rings. The van der Waals surface area contributed by atoms with Crippen LogP contribution < -0.4 is 5.32 Å². The molecule has 3 aromatic carbocycles. The Morgan fingerprint density at radius 2 is 1.69 bits per heavy atom. The van der Waals surface area contributed by atoms with Crippen LogP contribution in [0.4, 0.5) is 5.69 Å². The molecule has 5 rings (SSSR count). The zero-order valence-corrected chi connectivity index (χ0v) is 23.7. The summed E-state index contributed by atoms with van der Waals surface area (Å²) in [6.07, 6.45) is 3.11. The number of nitrogens with one attached hydrogen (secondary N) is 1. The minimum atomic E-state index is -3.54. The van der Waals surface area contributed by atoms with E-state index in [0.717, 1.165) is 45.4 Å². The first-order chi connectivity index (χ1) is 18.8. The van der Waals surface area contributed by atoms with Crippen LogP contribution in [0.25, 0.3) is 16.5 Å². The Balaban J connectivity index is 1.35. The lowest BCUT2D eigenvalue weighted by atomic mass is 9.97. The van der Waals surface area contributed by atoms with Gasteiger partial charge in [-0.1, -0.05) is 61.0 Å². The fourth-order valence-corrected chi connectivity index (χ4v) is 6.78. The lowest BCUT2D eigenvalue weighted by molar-refractivity contribution is 0.167. The highest BCUT2D eigenvalue weighted by atomic mass is 32.2. The number of rotatable bonds is 9. The number of aliphatic hydroxyl groups excluding tert-OH is 1. The summed E-state index contributed by atoms with van der Waals surface area (Å²) in [6, 6.07) is 23.6. The second kappa shape index (κ2) is 11.4. The number of aryl methyl sites for hydroxylation is 2. The van der Waals surface area contributed by atoms with Gasteiger partial charge >= 0.3 is 0 Å². The van der Waals surface area contributed by atoms with Crippen molar-refractivity contribution >= 4 is 32.2 Å². The van der Waals surface area contributed by atoms with Gasteiger partial charge in [0.25, 0.3) is 0 Å². The molecule has 0 amide bonds. The van der Waals surface area contributed by atoms with Gasteiger partial charge in [-0.25, -0.2) is 8.42 Å². The van der Waals surface area contributed by atoms with E-state index in [1.54, 1.807) is 16.4 Å². The van der Waals surface area contributed by atoms with Gasteiger partial charge in [0.15, 0.2) is 0 Å². The van der Waals surface area contributed by atoms with Crippen molar-refractivity contribution in [3.8, 4) is 0 Å². The van der Waals surface area contributed by atoms with Crippen LogP contribution in [-0.2, 0) is 23.0 Å². The van der Waals surface area contributed by atoms with E-state index in [0.29, 0.717) is 37.5 Å². The number of nitrogens with zero attached hydrogens (tertiary/aromatic N) is 2. The van der Waals surface area contributed by atoms with Crippen LogP contribution in [0.5, 0.6) is 0 Å². The van der Waals surface area contributed by atoms with Crippen molar-refractivity contribution in [2.24, 2.45) is 0 Å². The van der Waals surface area contributed by atoms with Crippen LogP contribution in [0, 0.1) is 13.8 Å². The van der Waals surface area contributed by atoms with Crippen molar-refractivity contribution in [2.45, 2.75) is 51.2 Å². The molecule has 6 nitrogen and oxygen atoms in total. The first kappa shape index (κ1) is 27.2. The van der Waals surface area contributed by atoms with Crippen molar-refractivity contribution in [1.82, 2.24) is 8.87 Å². The van der Waals surface area contributed by atoms with Crippen LogP contribution in [0.15, 0.2) is 83.8 Å². The summed E-state index contributed by atoms with van der Waals surface area (Å²) in [4.78, 5) is 0.335. The number of hydrogen-bond acceptors (Lipinski definition) is 4. The zero-order valence-electron chi connectivity index (χ0n) is 22.9. The SMILES string of the molecule is CCc1ccc(NC[C@H](O)Cn2c(C)c(C3=CCN(S(=O)(=O)c4ccc(C)cc4)CC3)c3ccccc32)cc1. The molecule has 0 radical (unpaired) electrons. The van der Waals surface area contributed by atoms with Crippen LogP contribution >= 0.6 is 0 Å². The average molecular weight is 544 g/mol. The molecule has 2 N–H and O–H groups in total. The van der Waals surface area contributed by atoms with Gasteiger partial charge in [0.1, 0.15) is 0 Å². The maximum absolute atomic E-state index is 13.2. The molecule has 0 aliphatic carbocycles. The van der Waals surface area contributed by atoms with Gasteiger partial charge in [0.05, 0.1) is 17.5 Å². The Morgan fingerprint density at radius 3 is 2.36 bits per heavy atom. The average Bonchev–Trinajstić information content (AvgIpc) is 3.23. The number of anilines is 1. The molecule has 0 saturated heterocycles. The molecule has 39 heavy (non-hydrogen) atoms. The van der Waals surface area contributed by atoms with E-state index in [2.05, 4.69) is 60.1 Å². The molecule has 204 valence electrons. The molecule has 0 saturated carbocycles. The topological polar surface area (TPSA) is 74.6 Å². The van der Waals surface area contributed by atoms with Crippen molar-refractivity contribution in [3.05, 3.63) is 101 Å². The molecule has 1 aliphatic heterocycles. The summed E-state index contributed by atoms with van der Waals surface area (Å²) in [6.45, 7) is 7.87. The summed E-state index contributed by atoms with van der Waals surface area (Å²) in [5.41, 5.74) is 7.79. The molecule has 1 aliphatic rings. The Labute approximate surface area is 231 Å². The Kier molecular flexibility index (Phi) is 7.93. The minimum Gasteiger partial charge on any atom is -0.389 e. The van der Waals surface area contributed by atoms with Gasteiger partial charge in [0.2, 0.25) is 10.0 Å². The highest BCUT2D eigenvalue weighted by molar-refractivity contribution is 7.89. The zero-order chi connectivity index (χ0) is 27.6. The highest BCUT2D eigenvalue weighted by Gasteiger charge is 2.28. The highest BCUT2D eigenvalue weighted by Crippen LogP contribution is 2.35. The number of sulfonamides is 1. The van der Waals surface area contributed by atoms with E-state index < -0.39 is 16.1 Å². The third kappa shape index (κ3) is 5.66. The molecular formula is C32H37N3O3S. The summed E-state index contributed by atoms with van der Waals surface area (Å²) < 4.78 is 30.1. The fraction of sp³-hybridized carbons (Fsp3) is 0.312. The predicted molar refractivity (Wildman–Crippen MR) is 160 cm³/mol. The lowest BCUT2D eigenvalue weighted by Crippen LogP contribution is -2.34. The van der Waals surface area contributed by atoms with E-state index in [1.165, 1.54) is 5.56 Å². The van der Waals surface area contributed by atoms with Crippen molar-refractivity contribution < 1.29 is 13.5 Å². The molecule has 1 aromatic heterocycles. The number of aliphatic hydroxyl groups is 1. The van der Waals surface area contributed by atoms with Crippen LogP contribution in [0.1, 0.15) is 35.7 Å². The summed E-state index contributed by atoms with van der Waals surface area (Å²) in [5.74, 6) is 0. The van der Waals surface area contributed by atoms with Gasteiger partial charge in [-0.05, 0) is 68.2 Å². The minimum absolute atomic E-state index is 0.335. The lowest BCUT2D eigenvalue weighted by Gasteiger charge is -2.26. The number of benzene rings is 3. The number of aromatic nitrogens is 1. The molecule has 0 unspecified atom stereocenters. The van der Waals surface area contributed by atoms with E-state index in [4.69, 9.17) is 0 Å². The van der Waals surface area contributed by atoms with Crippen LogP contribution in [0.3, 0.4) is 0 Å². The first-order valence-electron chi connectivity index (χ1n) is 13.6. The third-order valence-corrected chi connectivity index (χ3v) is 9.56. The summed E-state index contributed by atoms with van der Waals surface area (Å²) in [7, 11) is -3.54. The van der Waals surface area contributed by atoms with Gasteiger partial charge in [-0.2, -0.15) is 4.31 Å². The number of hydrogen-bond donors (Lipinski definition) is 2. The van der Waals surface area contributed by atoms with E-state index in [-0.39, 0.29) is 0 Å². The summed E-state index contributed by atoms with van der Waals surface area (Å²) >= 11 is 0. The largest absolute Gasteiger partial charge is 0.389 e. The van der Waals surface area contributed by atoms with E-state index in [1.807, 2.05) is 37.3 Å². The Morgan fingerprint density at radius 1 is 0.974 bits per heavy atom. The van der Waals surface area contributed by atoms with Crippen molar-refractivity contribution in [2.75, 3.05) is 25.0 Å². The third-order valence-electron chi connectivity index (χ3n) is 7.68. The second-order valence-corrected chi connectivity index (χ2v) is 12.3. The maximum Gasteiger partial charge on any atom is 0.243 e. The molecule has 2 heterocycles. The molecule has 4 aromatic rings. The molecular weight excluding hydrogens is 506 g/mol. The number of fused-ring (bicyclic) bond motifs is 1. The fourth-order valence-electron chi connectivity index (χ4n) is 5.40. The normalized spacial score (nSPS) is 15.3. The molecule has 7 heteroatoms. The molecule has 0 spiro atoms. The van der Waals surface area contributed by atoms with Gasteiger partial charge < -0.3 is 15.0 Å². The van der Waals surface area contributed by atoms with Gasteiger partial charge in [-0.15, -0.1) is 0 Å². The van der Waals surface area contributed by atoms with E-state index in [9.17, 15) is 13.5 Å². The van der Waals surface area contributed by atoms with Gasteiger partial charge in [-0.3, -0.25) is 0 Å². The standard InChI is InChI=1S/C32H37N3O3S/c1-4-25-11-13-27(14-12-25)33-21-28(36)22-35-24(3)32(30-7-5-6-8-31(30)35)26-17-19-34(20-18-26)39(37,38)29-15-9-23(2)10-16-29/h5-17,28,33,36H,4,18-22H2,1-3H3/t28-/m0/s1. The monoisotopic (exact) mass is 543 g/mol. The van der Waals surface area contributed by atoms with Crippen LogP contribution in [-0.4, -0.2) is 48.1 Å². The smallest absolute Gasteiger partial charge is 0.243 e. The van der Waals surface area contributed by atoms with Crippen molar-refractivity contribution in [3.63, 3.8) is 0 Å².